The number of rotatable bonds is 4. The Balaban J connectivity index is 1.52. The molecule has 1 aromatic rings. The van der Waals surface area contributed by atoms with Gasteiger partial charge in [0.25, 0.3) is 0 Å². The van der Waals surface area contributed by atoms with Crippen molar-refractivity contribution >= 4 is 5.82 Å². The molecule has 2 aliphatic rings. The molecule has 1 saturated heterocycles. The molecule has 1 aromatic heterocycles. The highest BCUT2D eigenvalue weighted by Gasteiger charge is 2.36. The molecule has 0 bridgehead atoms. The first-order valence-corrected chi connectivity index (χ1v) is 8.64. The summed E-state index contributed by atoms with van der Waals surface area (Å²) in [6.07, 6.45) is 5.40. The van der Waals surface area contributed by atoms with E-state index in [9.17, 15) is 8.78 Å². The maximum Gasteiger partial charge on any atom is 0.248 e. The Bertz CT molecular complexity index is 487. The number of likely N-dealkylation sites (N-methyl/N-ethyl adjacent to an activating group) is 1. The van der Waals surface area contributed by atoms with Crippen molar-refractivity contribution in [2.75, 3.05) is 31.6 Å². The third-order valence-electron chi connectivity index (χ3n) is 5.28. The van der Waals surface area contributed by atoms with Crippen LogP contribution < -0.4 is 4.90 Å². The molecule has 23 heavy (non-hydrogen) atoms. The highest BCUT2D eigenvalue weighted by atomic mass is 19.3. The minimum atomic E-state index is -2.43. The van der Waals surface area contributed by atoms with Crippen molar-refractivity contribution < 1.29 is 8.78 Å². The Morgan fingerprint density at radius 2 is 2.09 bits per heavy atom. The minimum absolute atomic E-state index is 0.0574. The SMILES string of the molecule is CN(CC1CCC(F)(F)CC1)C1CCCN(c2cccnn2)C1. The van der Waals surface area contributed by atoms with Crippen LogP contribution in [0.4, 0.5) is 14.6 Å². The molecule has 1 aliphatic heterocycles. The van der Waals surface area contributed by atoms with Gasteiger partial charge in [0.2, 0.25) is 5.92 Å². The molecule has 2 heterocycles. The summed E-state index contributed by atoms with van der Waals surface area (Å²) in [6, 6.07) is 4.38. The lowest BCUT2D eigenvalue weighted by atomic mass is 9.86. The van der Waals surface area contributed by atoms with E-state index in [1.54, 1.807) is 6.20 Å². The number of anilines is 1. The van der Waals surface area contributed by atoms with E-state index in [1.807, 2.05) is 12.1 Å². The van der Waals surface area contributed by atoms with Crippen LogP contribution in [0.5, 0.6) is 0 Å². The van der Waals surface area contributed by atoms with Crippen molar-refractivity contribution in [3.63, 3.8) is 0 Å². The molecule has 3 rings (SSSR count). The number of hydrogen-bond donors (Lipinski definition) is 0. The quantitative estimate of drug-likeness (QED) is 0.851. The molecule has 128 valence electrons. The Morgan fingerprint density at radius 1 is 1.30 bits per heavy atom. The fourth-order valence-corrected chi connectivity index (χ4v) is 3.82. The number of aromatic nitrogens is 2. The second kappa shape index (κ2) is 7.07. The fourth-order valence-electron chi connectivity index (χ4n) is 3.82. The lowest BCUT2D eigenvalue weighted by Gasteiger charge is -2.40. The zero-order valence-electron chi connectivity index (χ0n) is 13.8. The highest BCUT2D eigenvalue weighted by molar-refractivity contribution is 5.37. The Labute approximate surface area is 136 Å². The smallest absolute Gasteiger partial charge is 0.248 e. The normalized spacial score (nSPS) is 25.7. The third-order valence-corrected chi connectivity index (χ3v) is 5.28. The van der Waals surface area contributed by atoms with Crippen LogP contribution in [-0.4, -0.2) is 53.7 Å². The van der Waals surface area contributed by atoms with Crippen LogP contribution in [0.25, 0.3) is 0 Å². The van der Waals surface area contributed by atoms with Crippen LogP contribution in [0.3, 0.4) is 0 Å². The average Bonchev–Trinajstić information content (AvgIpc) is 2.58. The molecule has 0 amide bonds. The molecule has 0 aromatic carbocycles. The second-order valence-corrected chi connectivity index (χ2v) is 7.06. The molecular formula is C17H26F2N4. The predicted molar refractivity (Wildman–Crippen MR) is 86.8 cm³/mol. The molecule has 1 aliphatic carbocycles. The summed E-state index contributed by atoms with van der Waals surface area (Å²) in [5.41, 5.74) is 0. The molecule has 1 atom stereocenters. The van der Waals surface area contributed by atoms with Crippen molar-refractivity contribution in [3.8, 4) is 0 Å². The summed E-state index contributed by atoms with van der Waals surface area (Å²) in [4.78, 5) is 4.66. The minimum Gasteiger partial charge on any atom is -0.354 e. The van der Waals surface area contributed by atoms with E-state index in [1.165, 1.54) is 0 Å². The van der Waals surface area contributed by atoms with E-state index in [0.717, 1.165) is 38.3 Å². The number of nitrogens with zero attached hydrogens (tertiary/aromatic N) is 4. The average molecular weight is 324 g/mol. The number of piperidine rings is 1. The van der Waals surface area contributed by atoms with Gasteiger partial charge < -0.3 is 9.80 Å². The third kappa shape index (κ3) is 4.37. The van der Waals surface area contributed by atoms with Gasteiger partial charge in [-0.2, -0.15) is 5.10 Å². The van der Waals surface area contributed by atoms with Crippen molar-refractivity contribution in [3.05, 3.63) is 18.3 Å². The Morgan fingerprint density at radius 3 is 2.78 bits per heavy atom. The zero-order chi connectivity index (χ0) is 16.3. The molecule has 6 heteroatoms. The van der Waals surface area contributed by atoms with Crippen LogP contribution in [0.2, 0.25) is 0 Å². The van der Waals surface area contributed by atoms with Crippen molar-refractivity contribution in [2.45, 2.75) is 50.5 Å². The van der Waals surface area contributed by atoms with Gasteiger partial charge in [-0.1, -0.05) is 0 Å². The lowest BCUT2D eigenvalue weighted by Crippen LogP contribution is -2.48. The number of alkyl halides is 2. The van der Waals surface area contributed by atoms with Gasteiger partial charge in [0.15, 0.2) is 5.82 Å². The summed E-state index contributed by atoms with van der Waals surface area (Å²) < 4.78 is 26.6. The van der Waals surface area contributed by atoms with Gasteiger partial charge >= 0.3 is 0 Å². The highest BCUT2D eigenvalue weighted by Crippen LogP contribution is 2.36. The summed E-state index contributed by atoms with van der Waals surface area (Å²) in [7, 11) is 2.14. The van der Waals surface area contributed by atoms with Crippen LogP contribution in [0.15, 0.2) is 18.3 Å². The van der Waals surface area contributed by atoms with Gasteiger partial charge in [-0.05, 0) is 50.8 Å². The van der Waals surface area contributed by atoms with Gasteiger partial charge in [-0.3, -0.25) is 0 Å². The Hall–Kier alpha value is -1.30. The molecule has 0 spiro atoms. The molecule has 0 N–H and O–H groups in total. The van der Waals surface area contributed by atoms with E-state index >= 15 is 0 Å². The van der Waals surface area contributed by atoms with Gasteiger partial charge in [-0.15, -0.1) is 5.10 Å². The lowest BCUT2D eigenvalue weighted by molar-refractivity contribution is -0.0493. The zero-order valence-corrected chi connectivity index (χ0v) is 13.8. The summed E-state index contributed by atoms with van der Waals surface area (Å²) in [5.74, 6) is -1.09. The molecule has 1 saturated carbocycles. The van der Waals surface area contributed by atoms with Gasteiger partial charge in [0.1, 0.15) is 0 Å². The largest absolute Gasteiger partial charge is 0.354 e. The van der Waals surface area contributed by atoms with Crippen LogP contribution in [0, 0.1) is 5.92 Å². The molecule has 1 unspecified atom stereocenters. The number of hydrogen-bond acceptors (Lipinski definition) is 4. The molecular weight excluding hydrogens is 298 g/mol. The summed E-state index contributed by atoms with van der Waals surface area (Å²) in [6.45, 7) is 2.88. The summed E-state index contributed by atoms with van der Waals surface area (Å²) in [5, 5.41) is 8.16. The monoisotopic (exact) mass is 324 g/mol. The van der Waals surface area contributed by atoms with E-state index in [2.05, 4.69) is 27.0 Å². The van der Waals surface area contributed by atoms with Crippen molar-refractivity contribution in [1.29, 1.82) is 0 Å². The van der Waals surface area contributed by atoms with Gasteiger partial charge in [-0.25, -0.2) is 8.78 Å². The fraction of sp³-hybridized carbons (Fsp3) is 0.765. The topological polar surface area (TPSA) is 32.3 Å². The van der Waals surface area contributed by atoms with Crippen LogP contribution in [-0.2, 0) is 0 Å². The second-order valence-electron chi connectivity index (χ2n) is 7.06. The van der Waals surface area contributed by atoms with E-state index in [4.69, 9.17) is 0 Å². The standard InChI is InChI=1S/C17H26F2N4/c1-22(12-14-6-8-17(18,19)9-7-14)15-4-3-11-23(13-15)16-5-2-10-20-21-16/h2,5,10,14-15H,3-4,6-9,11-13H2,1H3. The van der Waals surface area contributed by atoms with E-state index in [-0.39, 0.29) is 12.8 Å². The first-order valence-electron chi connectivity index (χ1n) is 8.64. The van der Waals surface area contributed by atoms with Crippen molar-refractivity contribution in [2.24, 2.45) is 5.92 Å². The molecule has 4 nitrogen and oxygen atoms in total. The number of halogens is 2. The maximum absolute atomic E-state index is 13.3. The maximum atomic E-state index is 13.3. The van der Waals surface area contributed by atoms with Crippen LogP contribution in [0.1, 0.15) is 38.5 Å². The molecule has 2 fully saturated rings. The van der Waals surface area contributed by atoms with E-state index < -0.39 is 5.92 Å². The van der Waals surface area contributed by atoms with Gasteiger partial charge in [0.05, 0.1) is 0 Å². The molecule has 0 radical (unpaired) electrons. The van der Waals surface area contributed by atoms with Crippen LogP contribution >= 0.6 is 0 Å². The first kappa shape index (κ1) is 16.6. The van der Waals surface area contributed by atoms with Crippen molar-refractivity contribution in [1.82, 2.24) is 15.1 Å². The first-order chi connectivity index (χ1) is 11.0. The predicted octanol–water partition coefficient (Wildman–Crippen LogP) is 3.20. The van der Waals surface area contributed by atoms with Gasteiger partial charge in [0, 0.05) is 44.7 Å². The van der Waals surface area contributed by atoms with E-state index in [0.29, 0.717) is 24.8 Å². The Kier molecular flexibility index (Phi) is 5.09. The summed E-state index contributed by atoms with van der Waals surface area (Å²) >= 11 is 0.